The Hall–Kier alpha value is -2.35. The van der Waals surface area contributed by atoms with Gasteiger partial charge in [0.25, 0.3) is 5.91 Å². The largest absolute Gasteiger partial charge is 0.349 e. The number of halogens is 1. The van der Waals surface area contributed by atoms with Crippen LogP contribution in [-0.2, 0) is 4.79 Å². The maximum atomic E-state index is 13.4. The van der Waals surface area contributed by atoms with Crippen LogP contribution in [0, 0.1) is 5.82 Å². The highest BCUT2D eigenvalue weighted by molar-refractivity contribution is 7.03. The third-order valence-corrected chi connectivity index (χ3v) is 4.59. The molecule has 0 radical (unpaired) electrons. The van der Waals surface area contributed by atoms with E-state index < -0.39 is 17.4 Å². The number of carbonyl (C=O) groups is 2. The monoisotopic (exact) mass is 392 g/mol. The fourth-order valence-corrected chi connectivity index (χ4v) is 3.11. The van der Waals surface area contributed by atoms with Crippen molar-refractivity contribution >= 4 is 23.3 Å². The number of rotatable bonds is 6. The highest BCUT2D eigenvalue weighted by Gasteiger charge is 2.36. The van der Waals surface area contributed by atoms with Crippen LogP contribution in [0.5, 0.6) is 0 Å². The van der Waals surface area contributed by atoms with Gasteiger partial charge in [-0.15, -0.1) is 5.10 Å². The summed E-state index contributed by atoms with van der Waals surface area (Å²) in [6.45, 7) is 9.41. The Morgan fingerprint density at radius 3 is 2.37 bits per heavy atom. The highest BCUT2D eigenvalue weighted by Crippen LogP contribution is 2.27. The van der Waals surface area contributed by atoms with E-state index in [1.165, 1.54) is 29.2 Å². The van der Waals surface area contributed by atoms with Gasteiger partial charge in [0.2, 0.25) is 5.91 Å². The first-order valence-corrected chi connectivity index (χ1v) is 9.65. The van der Waals surface area contributed by atoms with Gasteiger partial charge in [0.05, 0.1) is 0 Å². The van der Waals surface area contributed by atoms with E-state index in [0.717, 1.165) is 11.5 Å². The van der Waals surface area contributed by atoms with Gasteiger partial charge in [0.1, 0.15) is 11.9 Å². The summed E-state index contributed by atoms with van der Waals surface area (Å²) in [7, 11) is 0. The van der Waals surface area contributed by atoms with E-state index in [4.69, 9.17) is 0 Å². The van der Waals surface area contributed by atoms with Gasteiger partial charge in [-0.2, -0.15) is 0 Å². The second kappa shape index (κ2) is 8.56. The number of nitrogens with zero attached hydrogens (tertiary/aromatic N) is 3. The lowest BCUT2D eigenvalue weighted by Crippen LogP contribution is -2.51. The van der Waals surface area contributed by atoms with Crippen LogP contribution in [-0.4, -0.2) is 37.9 Å². The molecule has 0 aliphatic carbocycles. The van der Waals surface area contributed by atoms with Crippen molar-refractivity contribution < 1.29 is 14.0 Å². The van der Waals surface area contributed by atoms with Gasteiger partial charge in [-0.1, -0.05) is 23.5 Å². The molecule has 27 heavy (non-hydrogen) atoms. The molecular formula is C19H25FN4O2S. The minimum Gasteiger partial charge on any atom is -0.349 e. The Morgan fingerprint density at radius 1 is 1.26 bits per heavy atom. The van der Waals surface area contributed by atoms with Crippen LogP contribution in [0.2, 0.25) is 0 Å². The molecule has 1 aromatic carbocycles. The normalized spacial score (nSPS) is 13.7. The number of aromatic nitrogens is 2. The van der Waals surface area contributed by atoms with Crippen molar-refractivity contribution in [3.8, 4) is 0 Å². The minimum absolute atomic E-state index is 0.191. The second-order valence-corrected chi connectivity index (χ2v) is 8.06. The Kier molecular flexibility index (Phi) is 6.64. The van der Waals surface area contributed by atoms with Crippen LogP contribution < -0.4 is 5.32 Å². The third-order valence-electron chi connectivity index (χ3n) is 4.09. The number of benzene rings is 1. The molecular weight excluding hydrogens is 367 g/mol. The van der Waals surface area contributed by atoms with Crippen LogP contribution in [0.25, 0.3) is 0 Å². The summed E-state index contributed by atoms with van der Waals surface area (Å²) in [5, 5.41) is 8.35. The summed E-state index contributed by atoms with van der Waals surface area (Å²) in [4.78, 5) is 27.8. The Bertz CT molecular complexity index is 772. The zero-order valence-corrected chi connectivity index (χ0v) is 17.0. The molecule has 1 N–H and O–H groups in total. The number of hydrogen-bond acceptors (Lipinski definition) is 5. The number of nitrogens with one attached hydrogen (secondary N) is 1. The zero-order valence-electron chi connectivity index (χ0n) is 16.2. The third kappa shape index (κ3) is 5.32. The van der Waals surface area contributed by atoms with Crippen LogP contribution in [0.4, 0.5) is 4.39 Å². The molecule has 0 saturated heterocycles. The maximum Gasteiger partial charge on any atom is 0.276 e. The van der Waals surface area contributed by atoms with Gasteiger partial charge in [-0.25, -0.2) is 4.39 Å². The Morgan fingerprint density at radius 2 is 1.89 bits per heavy atom. The lowest BCUT2D eigenvalue weighted by molar-refractivity contribution is -0.128. The van der Waals surface area contributed by atoms with Crippen LogP contribution in [0.1, 0.15) is 63.1 Å². The predicted octanol–water partition coefficient (Wildman–Crippen LogP) is 3.57. The van der Waals surface area contributed by atoms with Crippen molar-refractivity contribution in [1.82, 2.24) is 19.8 Å². The summed E-state index contributed by atoms with van der Waals surface area (Å²) in [6.07, 6.45) is 0.643. The van der Waals surface area contributed by atoms with Gasteiger partial charge in [0, 0.05) is 17.0 Å². The molecule has 0 aliphatic rings. The van der Waals surface area contributed by atoms with E-state index >= 15 is 0 Å². The molecule has 0 spiro atoms. The van der Waals surface area contributed by atoms with Crippen molar-refractivity contribution in [2.24, 2.45) is 0 Å². The first-order valence-electron chi connectivity index (χ1n) is 8.81. The van der Waals surface area contributed by atoms with Crippen molar-refractivity contribution in [3.63, 3.8) is 0 Å². The molecule has 2 rings (SSSR count). The van der Waals surface area contributed by atoms with Gasteiger partial charge >= 0.3 is 0 Å². The molecule has 1 aromatic heterocycles. The summed E-state index contributed by atoms with van der Waals surface area (Å²) < 4.78 is 17.2. The average molecular weight is 393 g/mol. The fourth-order valence-electron chi connectivity index (χ4n) is 2.68. The summed E-state index contributed by atoms with van der Waals surface area (Å²) in [5.41, 5.74) is 0.243. The van der Waals surface area contributed by atoms with Crippen molar-refractivity contribution in [2.45, 2.75) is 58.7 Å². The molecule has 146 valence electrons. The van der Waals surface area contributed by atoms with Gasteiger partial charge in [0.15, 0.2) is 5.69 Å². The standard InChI is InChI=1S/C19H25FN4O2S/c1-6-12(2)24(18(26)15-11-27-23-22-15)16(17(25)21-19(3,4)5)13-7-9-14(20)10-8-13/h7-12,16H,6H2,1-5H3,(H,21,25)/t12-,16-/m1/s1. The molecule has 0 fully saturated rings. The molecule has 0 unspecified atom stereocenters. The minimum atomic E-state index is -0.908. The zero-order chi connectivity index (χ0) is 20.2. The lowest BCUT2D eigenvalue weighted by Gasteiger charge is -2.36. The van der Waals surface area contributed by atoms with Crippen LogP contribution in [0.15, 0.2) is 29.6 Å². The molecule has 8 heteroatoms. The molecule has 2 atom stereocenters. The Balaban J connectivity index is 2.53. The molecule has 2 amide bonds. The number of hydrogen-bond donors (Lipinski definition) is 1. The van der Waals surface area contributed by atoms with Crippen molar-refractivity contribution in [1.29, 1.82) is 0 Å². The highest BCUT2D eigenvalue weighted by atomic mass is 32.1. The summed E-state index contributed by atoms with van der Waals surface area (Å²) in [6, 6.07) is 4.50. The van der Waals surface area contributed by atoms with Gasteiger partial charge in [-0.05, 0) is 63.3 Å². The van der Waals surface area contributed by atoms with E-state index in [1.807, 2.05) is 34.6 Å². The smallest absolute Gasteiger partial charge is 0.276 e. The van der Waals surface area contributed by atoms with E-state index in [2.05, 4.69) is 14.9 Å². The topological polar surface area (TPSA) is 75.2 Å². The van der Waals surface area contributed by atoms with Crippen molar-refractivity contribution in [2.75, 3.05) is 0 Å². The lowest BCUT2D eigenvalue weighted by atomic mass is 9.99. The predicted molar refractivity (Wildman–Crippen MR) is 103 cm³/mol. The van der Waals surface area contributed by atoms with Gasteiger partial charge < -0.3 is 10.2 Å². The van der Waals surface area contributed by atoms with E-state index in [9.17, 15) is 14.0 Å². The van der Waals surface area contributed by atoms with E-state index in [1.54, 1.807) is 5.38 Å². The number of carbonyl (C=O) groups excluding carboxylic acids is 2. The summed E-state index contributed by atoms with van der Waals surface area (Å²) >= 11 is 1.07. The first-order chi connectivity index (χ1) is 12.6. The Labute approximate surface area is 162 Å². The van der Waals surface area contributed by atoms with Crippen molar-refractivity contribution in [3.05, 3.63) is 46.7 Å². The van der Waals surface area contributed by atoms with Crippen LogP contribution in [0.3, 0.4) is 0 Å². The van der Waals surface area contributed by atoms with Gasteiger partial charge in [-0.3, -0.25) is 9.59 Å². The molecule has 2 aromatic rings. The fraction of sp³-hybridized carbons (Fsp3) is 0.474. The molecule has 0 saturated carbocycles. The quantitative estimate of drug-likeness (QED) is 0.815. The SMILES string of the molecule is CC[C@@H](C)N(C(=O)c1csnn1)[C@@H](C(=O)NC(C)(C)C)c1ccc(F)cc1. The average Bonchev–Trinajstić information content (AvgIpc) is 3.12. The molecule has 0 bridgehead atoms. The second-order valence-electron chi connectivity index (χ2n) is 7.45. The molecule has 6 nitrogen and oxygen atoms in total. The van der Waals surface area contributed by atoms with E-state index in [-0.39, 0.29) is 23.6 Å². The molecule has 1 heterocycles. The first kappa shape index (κ1) is 21.0. The van der Waals surface area contributed by atoms with Crippen LogP contribution >= 0.6 is 11.5 Å². The summed E-state index contributed by atoms with van der Waals surface area (Å²) in [5.74, 6) is -1.11. The number of amides is 2. The van der Waals surface area contributed by atoms with E-state index in [0.29, 0.717) is 12.0 Å². The maximum absolute atomic E-state index is 13.4. The molecule has 0 aliphatic heterocycles.